The maximum atomic E-state index is 6.49. The van der Waals surface area contributed by atoms with Crippen LogP contribution in [-0.2, 0) is 12.8 Å². The molecule has 0 amide bonds. The van der Waals surface area contributed by atoms with Gasteiger partial charge in [0.15, 0.2) is 0 Å². The number of hydrogen-bond donors (Lipinski definition) is 0. The quantitative estimate of drug-likeness (QED) is 0.636. The van der Waals surface area contributed by atoms with E-state index in [0.29, 0.717) is 11.8 Å². The van der Waals surface area contributed by atoms with Crippen molar-refractivity contribution in [3.05, 3.63) is 33.8 Å². The van der Waals surface area contributed by atoms with Gasteiger partial charge < -0.3 is 0 Å². The number of fused-ring (bicyclic) bond motifs is 1. The summed E-state index contributed by atoms with van der Waals surface area (Å²) in [6.07, 6.45) is 5.94. The van der Waals surface area contributed by atoms with E-state index in [1.807, 2.05) is 0 Å². The van der Waals surface area contributed by atoms with Crippen molar-refractivity contribution >= 4 is 11.6 Å². The lowest BCUT2D eigenvalue weighted by Crippen LogP contribution is -2.09. The van der Waals surface area contributed by atoms with Crippen molar-refractivity contribution < 1.29 is 0 Å². The van der Waals surface area contributed by atoms with E-state index in [1.165, 1.54) is 42.4 Å². The average Bonchev–Trinajstić information content (AvgIpc) is 2.43. The maximum absolute atomic E-state index is 6.49. The summed E-state index contributed by atoms with van der Waals surface area (Å²) < 4.78 is 0. The highest BCUT2D eigenvalue weighted by Gasteiger charge is 2.19. The van der Waals surface area contributed by atoms with E-state index < -0.39 is 0 Å². The Labute approximate surface area is 122 Å². The first-order valence-electron chi connectivity index (χ1n) is 7.43. The Morgan fingerprint density at radius 3 is 2.42 bits per heavy atom. The Morgan fingerprint density at radius 1 is 1.16 bits per heavy atom. The van der Waals surface area contributed by atoms with Crippen LogP contribution in [0.5, 0.6) is 0 Å². The molecule has 102 valence electrons. The van der Waals surface area contributed by atoms with Crippen LogP contribution in [0.2, 0.25) is 5.02 Å². The zero-order valence-electron chi connectivity index (χ0n) is 12.2. The van der Waals surface area contributed by atoms with Gasteiger partial charge in [0.1, 0.15) is 0 Å². The Balaban J connectivity index is 2.29. The number of rotatable bonds is 2. The lowest BCUT2D eigenvalue weighted by atomic mass is 9.84. The molecule has 0 saturated heterocycles. The largest absolute Gasteiger partial charge is 0.103 e. The molecule has 1 aliphatic carbocycles. The fourth-order valence-electron chi connectivity index (χ4n) is 2.78. The van der Waals surface area contributed by atoms with Crippen molar-refractivity contribution in [1.82, 2.24) is 0 Å². The third-order valence-electron chi connectivity index (χ3n) is 4.21. The molecule has 1 aromatic carbocycles. The first-order chi connectivity index (χ1) is 9.13. The summed E-state index contributed by atoms with van der Waals surface area (Å²) >= 11 is 6.49. The number of benzene rings is 1. The Hall–Kier alpha value is -0.930. The summed E-state index contributed by atoms with van der Waals surface area (Å²) in [5, 5.41) is 0.929. The molecule has 0 bridgehead atoms. The van der Waals surface area contributed by atoms with Crippen molar-refractivity contribution in [2.24, 2.45) is 5.92 Å². The highest BCUT2D eigenvalue weighted by molar-refractivity contribution is 6.31. The van der Waals surface area contributed by atoms with Gasteiger partial charge in [-0.3, -0.25) is 0 Å². The molecule has 1 heteroatoms. The topological polar surface area (TPSA) is 0 Å². The number of halogens is 1. The molecular weight excluding hydrogens is 252 g/mol. The standard InChI is InChI=1S/C18H23Cl/c1-4-5-8-13(2)14(3)17-11-15-9-6-7-10-16(15)12-18(17)19/h11-14H,4,6-7,9-10H2,1-3H3. The SMILES string of the molecule is CCC#CC(C)C(C)c1cc2c(cc1Cl)CCCC2. The van der Waals surface area contributed by atoms with Crippen molar-refractivity contribution in [2.45, 2.75) is 58.8 Å². The van der Waals surface area contributed by atoms with Gasteiger partial charge >= 0.3 is 0 Å². The fraction of sp³-hybridized carbons (Fsp3) is 0.556. The van der Waals surface area contributed by atoms with Crippen LogP contribution in [0.25, 0.3) is 0 Å². The second-order valence-corrected chi connectivity index (χ2v) is 6.01. The van der Waals surface area contributed by atoms with E-state index in [4.69, 9.17) is 11.6 Å². The van der Waals surface area contributed by atoms with Gasteiger partial charge in [-0.2, -0.15) is 0 Å². The van der Waals surface area contributed by atoms with Gasteiger partial charge in [-0.05, 0) is 54.4 Å². The molecule has 2 rings (SSSR count). The smallest absolute Gasteiger partial charge is 0.0444 e. The Morgan fingerprint density at radius 2 is 1.79 bits per heavy atom. The number of hydrogen-bond acceptors (Lipinski definition) is 0. The van der Waals surface area contributed by atoms with Gasteiger partial charge in [-0.25, -0.2) is 0 Å². The van der Waals surface area contributed by atoms with Crippen LogP contribution in [0.15, 0.2) is 12.1 Å². The second kappa shape index (κ2) is 6.49. The van der Waals surface area contributed by atoms with Crippen LogP contribution in [0.3, 0.4) is 0 Å². The highest BCUT2D eigenvalue weighted by Crippen LogP contribution is 2.34. The minimum atomic E-state index is 0.360. The molecule has 19 heavy (non-hydrogen) atoms. The van der Waals surface area contributed by atoms with Gasteiger partial charge in [0.2, 0.25) is 0 Å². The van der Waals surface area contributed by atoms with Gasteiger partial charge in [0.05, 0.1) is 0 Å². The fourth-order valence-corrected chi connectivity index (χ4v) is 3.14. The van der Waals surface area contributed by atoms with Crippen LogP contribution in [0, 0.1) is 17.8 Å². The predicted molar refractivity (Wildman–Crippen MR) is 83.7 cm³/mol. The predicted octanol–water partition coefficient (Wildman–Crippen LogP) is 5.37. The first kappa shape index (κ1) is 14.5. The van der Waals surface area contributed by atoms with Crippen molar-refractivity contribution in [2.75, 3.05) is 0 Å². The minimum absolute atomic E-state index is 0.360. The first-order valence-corrected chi connectivity index (χ1v) is 7.80. The normalized spacial score (nSPS) is 17.1. The summed E-state index contributed by atoms with van der Waals surface area (Å²) in [6, 6.07) is 4.54. The molecule has 0 saturated carbocycles. The van der Waals surface area contributed by atoms with E-state index in [-0.39, 0.29) is 0 Å². The molecule has 1 aromatic rings. The van der Waals surface area contributed by atoms with E-state index in [2.05, 4.69) is 44.7 Å². The van der Waals surface area contributed by atoms with Gasteiger partial charge in [0, 0.05) is 17.4 Å². The number of aryl methyl sites for hydroxylation is 2. The Kier molecular flexibility index (Phi) is 4.94. The molecule has 2 atom stereocenters. The molecule has 0 heterocycles. The Bertz CT molecular complexity index is 504. The molecule has 1 aliphatic rings. The molecule has 0 aliphatic heterocycles. The zero-order chi connectivity index (χ0) is 13.8. The van der Waals surface area contributed by atoms with E-state index in [1.54, 1.807) is 0 Å². The van der Waals surface area contributed by atoms with Crippen LogP contribution < -0.4 is 0 Å². The molecular formula is C18H23Cl. The van der Waals surface area contributed by atoms with E-state index in [0.717, 1.165) is 11.4 Å². The van der Waals surface area contributed by atoms with Crippen LogP contribution >= 0.6 is 11.6 Å². The third kappa shape index (κ3) is 3.34. The lowest BCUT2D eigenvalue weighted by molar-refractivity contribution is 0.606. The summed E-state index contributed by atoms with van der Waals surface area (Å²) in [7, 11) is 0. The molecule has 0 fully saturated rings. The van der Waals surface area contributed by atoms with Gasteiger partial charge in [-0.1, -0.05) is 44.4 Å². The third-order valence-corrected chi connectivity index (χ3v) is 4.54. The van der Waals surface area contributed by atoms with Crippen LogP contribution in [-0.4, -0.2) is 0 Å². The molecule has 0 aromatic heterocycles. The monoisotopic (exact) mass is 274 g/mol. The average molecular weight is 275 g/mol. The van der Waals surface area contributed by atoms with Crippen LogP contribution in [0.4, 0.5) is 0 Å². The van der Waals surface area contributed by atoms with Crippen molar-refractivity contribution in [1.29, 1.82) is 0 Å². The highest BCUT2D eigenvalue weighted by atomic mass is 35.5. The second-order valence-electron chi connectivity index (χ2n) is 5.60. The molecule has 2 unspecified atom stereocenters. The summed E-state index contributed by atoms with van der Waals surface area (Å²) in [5.41, 5.74) is 4.24. The van der Waals surface area contributed by atoms with Gasteiger partial charge in [-0.15, -0.1) is 5.92 Å². The van der Waals surface area contributed by atoms with Crippen LogP contribution in [0.1, 0.15) is 62.6 Å². The molecule has 0 nitrogen and oxygen atoms in total. The van der Waals surface area contributed by atoms with E-state index in [9.17, 15) is 0 Å². The maximum Gasteiger partial charge on any atom is 0.0444 e. The molecule has 0 radical (unpaired) electrons. The van der Waals surface area contributed by atoms with Crippen molar-refractivity contribution in [3.8, 4) is 11.8 Å². The summed E-state index contributed by atoms with van der Waals surface area (Å²) in [4.78, 5) is 0. The summed E-state index contributed by atoms with van der Waals surface area (Å²) in [6.45, 7) is 6.53. The summed E-state index contributed by atoms with van der Waals surface area (Å²) in [5.74, 6) is 7.28. The minimum Gasteiger partial charge on any atom is -0.103 e. The lowest BCUT2D eigenvalue weighted by Gasteiger charge is -2.22. The molecule has 0 N–H and O–H groups in total. The zero-order valence-corrected chi connectivity index (χ0v) is 13.0. The van der Waals surface area contributed by atoms with Crippen molar-refractivity contribution in [3.63, 3.8) is 0 Å². The van der Waals surface area contributed by atoms with Gasteiger partial charge in [0.25, 0.3) is 0 Å². The van der Waals surface area contributed by atoms with E-state index >= 15 is 0 Å². The molecule has 0 spiro atoms.